The monoisotopic (exact) mass is 249 g/mol. The van der Waals surface area contributed by atoms with Gasteiger partial charge in [0.05, 0.1) is 0 Å². The minimum atomic E-state index is -0.0970. The molecule has 0 aromatic heterocycles. The average Bonchev–Trinajstić information content (AvgIpc) is 2.72. The van der Waals surface area contributed by atoms with E-state index in [0.29, 0.717) is 6.04 Å². The third kappa shape index (κ3) is 2.92. The zero-order valence-corrected chi connectivity index (χ0v) is 11.7. The molecule has 0 heterocycles. The largest absolute Gasteiger partial charge is 0.310 e. The van der Waals surface area contributed by atoms with Gasteiger partial charge in [-0.1, -0.05) is 32.4 Å². The first-order valence-electron chi connectivity index (χ1n) is 7.10. The molecule has 18 heavy (non-hydrogen) atoms. The molecule has 0 aliphatic heterocycles. The molecule has 1 aromatic rings. The van der Waals surface area contributed by atoms with Gasteiger partial charge in [0.15, 0.2) is 0 Å². The van der Waals surface area contributed by atoms with E-state index >= 15 is 0 Å². The Hall–Kier alpha value is -0.890. The van der Waals surface area contributed by atoms with Crippen molar-refractivity contribution < 1.29 is 4.39 Å². The van der Waals surface area contributed by atoms with Crippen molar-refractivity contribution in [2.75, 3.05) is 0 Å². The summed E-state index contributed by atoms with van der Waals surface area (Å²) >= 11 is 0. The molecule has 0 amide bonds. The molecule has 1 nitrogen and oxygen atoms in total. The summed E-state index contributed by atoms with van der Waals surface area (Å²) in [5.74, 6) is 1.50. The molecular formula is C16H24FN. The van der Waals surface area contributed by atoms with Crippen LogP contribution in [0.4, 0.5) is 4.39 Å². The predicted molar refractivity (Wildman–Crippen MR) is 73.9 cm³/mol. The van der Waals surface area contributed by atoms with Crippen molar-refractivity contribution in [1.82, 2.24) is 5.32 Å². The first-order chi connectivity index (χ1) is 8.61. The Morgan fingerprint density at radius 2 is 2.11 bits per heavy atom. The van der Waals surface area contributed by atoms with Gasteiger partial charge in [0, 0.05) is 12.6 Å². The maximum Gasteiger partial charge on any atom is 0.126 e. The van der Waals surface area contributed by atoms with Gasteiger partial charge in [-0.2, -0.15) is 0 Å². The van der Waals surface area contributed by atoms with Crippen LogP contribution < -0.4 is 5.32 Å². The molecule has 1 aromatic carbocycles. The minimum absolute atomic E-state index is 0.0970. The van der Waals surface area contributed by atoms with Gasteiger partial charge in [-0.15, -0.1) is 0 Å². The molecule has 3 unspecified atom stereocenters. The molecule has 1 fully saturated rings. The summed E-state index contributed by atoms with van der Waals surface area (Å²) < 4.78 is 13.4. The highest BCUT2D eigenvalue weighted by Crippen LogP contribution is 2.33. The molecule has 3 atom stereocenters. The van der Waals surface area contributed by atoms with Gasteiger partial charge in [0.2, 0.25) is 0 Å². The lowest BCUT2D eigenvalue weighted by atomic mass is 9.93. The van der Waals surface area contributed by atoms with Crippen molar-refractivity contribution in [3.05, 3.63) is 35.1 Å². The molecule has 1 saturated carbocycles. The summed E-state index contributed by atoms with van der Waals surface area (Å²) in [5, 5.41) is 3.59. The third-order valence-corrected chi connectivity index (χ3v) is 4.56. The van der Waals surface area contributed by atoms with Gasteiger partial charge in [0.1, 0.15) is 5.82 Å². The van der Waals surface area contributed by atoms with Gasteiger partial charge in [-0.3, -0.25) is 0 Å². The predicted octanol–water partition coefficient (Wildman–Crippen LogP) is 4.05. The lowest BCUT2D eigenvalue weighted by Gasteiger charge is -2.21. The summed E-state index contributed by atoms with van der Waals surface area (Å²) in [7, 11) is 0. The van der Waals surface area contributed by atoms with Gasteiger partial charge in [-0.05, 0) is 48.8 Å². The fourth-order valence-corrected chi connectivity index (χ4v) is 3.11. The van der Waals surface area contributed by atoms with Crippen LogP contribution in [0, 0.1) is 24.6 Å². The van der Waals surface area contributed by atoms with Crippen molar-refractivity contribution >= 4 is 0 Å². The molecule has 1 N–H and O–H groups in total. The number of hydrogen-bond acceptors (Lipinski definition) is 1. The van der Waals surface area contributed by atoms with Crippen LogP contribution in [-0.2, 0) is 6.54 Å². The standard InChI is InChI=1S/C16H24FN/c1-4-14-7-8-16(12(14)3)18-10-13-6-5-11(2)15(17)9-13/h5-6,9,12,14,16,18H,4,7-8,10H2,1-3H3. The van der Waals surface area contributed by atoms with E-state index in [9.17, 15) is 4.39 Å². The van der Waals surface area contributed by atoms with E-state index in [0.717, 1.165) is 29.5 Å². The zero-order chi connectivity index (χ0) is 13.1. The molecule has 1 aliphatic carbocycles. The Kier molecular flexibility index (Phi) is 4.39. The van der Waals surface area contributed by atoms with Crippen LogP contribution in [0.25, 0.3) is 0 Å². The highest BCUT2D eigenvalue weighted by Gasteiger charge is 2.30. The van der Waals surface area contributed by atoms with Gasteiger partial charge < -0.3 is 5.32 Å². The number of halogens is 1. The van der Waals surface area contributed by atoms with Gasteiger partial charge >= 0.3 is 0 Å². The summed E-state index contributed by atoms with van der Waals surface area (Å²) in [5.41, 5.74) is 1.77. The number of hydrogen-bond donors (Lipinski definition) is 1. The minimum Gasteiger partial charge on any atom is -0.310 e. The Morgan fingerprint density at radius 1 is 1.33 bits per heavy atom. The SMILES string of the molecule is CCC1CCC(NCc2ccc(C)c(F)c2)C1C. The normalized spacial score (nSPS) is 27.7. The maximum absolute atomic E-state index is 13.4. The molecule has 1 aliphatic rings. The number of aryl methyl sites for hydroxylation is 1. The van der Waals surface area contributed by atoms with Crippen LogP contribution in [-0.4, -0.2) is 6.04 Å². The fraction of sp³-hybridized carbons (Fsp3) is 0.625. The molecule has 2 heteroatoms. The molecular weight excluding hydrogens is 225 g/mol. The van der Waals surface area contributed by atoms with Crippen LogP contribution in [0.1, 0.15) is 44.2 Å². The van der Waals surface area contributed by atoms with Crippen molar-refractivity contribution in [3.63, 3.8) is 0 Å². The average molecular weight is 249 g/mol. The van der Waals surface area contributed by atoms with E-state index in [1.807, 2.05) is 12.1 Å². The summed E-state index contributed by atoms with van der Waals surface area (Å²) in [6.07, 6.45) is 3.87. The van der Waals surface area contributed by atoms with Crippen LogP contribution >= 0.6 is 0 Å². The molecule has 0 radical (unpaired) electrons. The van der Waals surface area contributed by atoms with E-state index in [1.54, 1.807) is 13.0 Å². The summed E-state index contributed by atoms with van der Waals surface area (Å²) in [6, 6.07) is 6.13. The number of benzene rings is 1. The first-order valence-corrected chi connectivity index (χ1v) is 7.10. The smallest absolute Gasteiger partial charge is 0.126 e. The van der Waals surface area contributed by atoms with Gasteiger partial charge in [-0.25, -0.2) is 4.39 Å². The second kappa shape index (κ2) is 5.83. The Bertz CT molecular complexity index is 402. The van der Waals surface area contributed by atoms with Gasteiger partial charge in [0.25, 0.3) is 0 Å². The van der Waals surface area contributed by atoms with E-state index in [4.69, 9.17) is 0 Å². The van der Waals surface area contributed by atoms with E-state index < -0.39 is 0 Å². The van der Waals surface area contributed by atoms with Crippen LogP contribution in [0.3, 0.4) is 0 Å². The van der Waals surface area contributed by atoms with Crippen molar-refractivity contribution in [3.8, 4) is 0 Å². The quantitative estimate of drug-likeness (QED) is 0.849. The molecule has 0 saturated heterocycles. The van der Waals surface area contributed by atoms with Crippen LogP contribution in [0.2, 0.25) is 0 Å². The lowest BCUT2D eigenvalue weighted by molar-refractivity contribution is 0.344. The molecule has 2 rings (SSSR count). The Balaban J connectivity index is 1.90. The topological polar surface area (TPSA) is 12.0 Å². The first kappa shape index (κ1) is 13.5. The highest BCUT2D eigenvalue weighted by molar-refractivity contribution is 5.23. The maximum atomic E-state index is 13.4. The summed E-state index contributed by atoms with van der Waals surface area (Å²) in [6.45, 7) is 7.20. The molecule has 0 bridgehead atoms. The van der Waals surface area contributed by atoms with Crippen LogP contribution in [0.15, 0.2) is 18.2 Å². The third-order valence-electron chi connectivity index (χ3n) is 4.56. The second-order valence-electron chi connectivity index (χ2n) is 5.68. The van der Waals surface area contributed by atoms with E-state index in [1.165, 1.54) is 19.3 Å². The zero-order valence-electron chi connectivity index (χ0n) is 11.7. The molecule has 100 valence electrons. The van der Waals surface area contributed by atoms with E-state index in [2.05, 4.69) is 19.2 Å². The lowest BCUT2D eigenvalue weighted by Crippen LogP contribution is -2.32. The van der Waals surface area contributed by atoms with Crippen LogP contribution in [0.5, 0.6) is 0 Å². The second-order valence-corrected chi connectivity index (χ2v) is 5.68. The Labute approximate surface area is 110 Å². The Morgan fingerprint density at radius 3 is 2.72 bits per heavy atom. The van der Waals surface area contributed by atoms with E-state index in [-0.39, 0.29) is 5.82 Å². The van der Waals surface area contributed by atoms with Crippen molar-refractivity contribution in [2.45, 2.75) is 52.6 Å². The van der Waals surface area contributed by atoms with Crippen molar-refractivity contribution in [1.29, 1.82) is 0 Å². The fourth-order valence-electron chi connectivity index (χ4n) is 3.11. The molecule has 0 spiro atoms. The summed E-state index contributed by atoms with van der Waals surface area (Å²) in [4.78, 5) is 0. The van der Waals surface area contributed by atoms with Crippen molar-refractivity contribution in [2.24, 2.45) is 11.8 Å². The number of nitrogens with one attached hydrogen (secondary N) is 1. The highest BCUT2D eigenvalue weighted by atomic mass is 19.1. The number of rotatable bonds is 4.